The number of carbonyl (C=O) groups is 1. The number of pyridine rings is 1. The second-order valence-electron chi connectivity index (χ2n) is 2.81. The molecule has 0 atom stereocenters. The van der Waals surface area contributed by atoms with Crippen LogP contribution in [-0.4, -0.2) is 23.3 Å². The molecule has 0 bridgehead atoms. The zero-order valence-corrected chi connectivity index (χ0v) is 8.07. The number of nitrogens with one attached hydrogen (secondary N) is 1. The fourth-order valence-electron chi connectivity index (χ4n) is 1.03. The maximum atomic E-state index is 10.3. The van der Waals surface area contributed by atoms with Crippen LogP contribution in [0.15, 0.2) is 12.3 Å². The van der Waals surface area contributed by atoms with Gasteiger partial charge in [-0.1, -0.05) is 0 Å². The van der Waals surface area contributed by atoms with Gasteiger partial charge in [0.15, 0.2) is 0 Å². The van der Waals surface area contributed by atoms with Crippen LogP contribution in [0.2, 0.25) is 0 Å². The fourth-order valence-corrected chi connectivity index (χ4v) is 1.03. The van der Waals surface area contributed by atoms with Crippen molar-refractivity contribution in [2.24, 2.45) is 0 Å². The number of rotatable bonds is 3. The Kier molecular flexibility index (Phi) is 3.28. The van der Waals surface area contributed by atoms with Crippen LogP contribution in [0.25, 0.3) is 0 Å². The minimum absolute atomic E-state index is 0.262. The van der Waals surface area contributed by atoms with E-state index in [1.807, 2.05) is 6.92 Å². The zero-order chi connectivity index (χ0) is 10.6. The minimum Gasteiger partial charge on any atom is -0.481 e. The van der Waals surface area contributed by atoms with Crippen LogP contribution >= 0.6 is 0 Å². The van der Waals surface area contributed by atoms with E-state index in [4.69, 9.17) is 9.84 Å². The highest BCUT2D eigenvalue weighted by molar-refractivity contribution is 5.64. The van der Waals surface area contributed by atoms with Gasteiger partial charge in [0.05, 0.1) is 7.11 Å². The molecular weight excluding hydrogens is 184 g/mol. The van der Waals surface area contributed by atoms with E-state index in [-0.39, 0.29) is 6.54 Å². The molecule has 14 heavy (non-hydrogen) atoms. The molecule has 1 heterocycles. The lowest BCUT2D eigenvalue weighted by atomic mass is 10.1. The molecule has 0 saturated carbocycles. The first kappa shape index (κ1) is 10.3. The standard InChI is InChI=1S/C9H12N2O3/c1-6-3-8(14-2)10-4-7(6)5-11-9(12)13/h3-4,11H,5H2,1-2H3,(H,12,13). The number of ether oxygens (including phenoxy) is 1. The molecule has 0 aliphatic rings. The van der Waals surface area contributed by atoms with E-state index < -0.39 is 6.09 Å². The predicted molar refractivity (Wildman–Crippen MR) is 50.4 cm³/mol. The van der Waals surface area contributed by atoms with Gasteiger partial charge >= 0.3 is 6.09 Å². The van der Waals surface area contributed by atoms with Crippen molar-refractivity contribution in [2.75, 3.05) is 7.11 Å². The molecule has 1 amide bonds. The highest BCUT2D eigenvalue weighted by atomic mass is 16.5. The van der Waals surface area contributed by atoms with Gasteiger partial charge in [0.2, 0.25) is 5.88 Å². The van der Waals surface area contributed by atoms with Crippen LogP contribution in [0.4, 0.5) is 4.79 Å². The van der Waals surface area contributed by atoms with E-state index in [0.29, 0.717) is 5.88 Å². The molecule has 0 unspecified atom stereocenters. The summed E-state index contributed by atoms with van der Waals surface area (Å²) in [6, 6.07) is 1.76. The first-order valence-corrected chi connectivity index (χ1v) is 4.10. The molecule has 1 aromatic heterocycles. The topological polar surface area (TPSA) is 71.5 Å². The molecule has 5 nitrogen and oxygen atoms in total. The van der Waals surface area contributed by atoms with Gasteiger partial charge in [-0.2, -0.15) is 0 Å². The lowest BCUT2D eigenvalue weighted by Gasteiger charge is -2.06. The SMILES string of the molecule is COc1cc(C)c(CNC(=O)O)cn1. The third-order valence-corrected chi connectivity index (χ3v) is 1.83. The van der Waals surface area contributed by atoms with Gasteiger partial charge < -0.3 is 15.2 Å². The molecule has 0 saturated heterocycles. The first-order valence-electron chi connectivity index (χ1n) is 4.10. The minimum atomic E-state index is -1.04. The average Bonchev–Trinajstić information content (AvgIpc) is 2.15. The van der Waals surface area contributed by atoms with Crippen molar-refractivity contribution in [3.8, 4) is 5.88 Å². The number of aryl methyl sites for hydroxylation is 1. The average molecular weight is 196 g/mol. The van der Waals surface area contributed by atoms with Crippen LogP contribution in [0.1, 0.15) is 11.1 Å². The summed E-state index contributed by atoms with van der Waals surface area (Å²) in [6.07, 6.45) is 0.560. The van der Waals surface area contributed by atoms with Crippen molar-refractivity contribution in [1.29, 1.82) is 0 Å². The molecule has 0 aliphatic heterocycles. The van der Waals surface area contributed by atoms with Crippen molar-refractivity contribution in [3.05, 3.63) is 23.4 Å². The first-order chi connectivity index (χ1) is 6.63. The maximum absolute atomic E-state index is 10.3. The normalized spacial score (nSPS) is 9.57. The van der Waals surface area contributed by atoms with E-state index in [0.717, 1.165) is 11.1 Å². The summed E-state index contributed by atoms with van der Waals surface area (Å²) in [6.45, 7) is 2.14. The van der Waals surface area contributed by atoms with Gasteiger partial charge in [-0.3, -0.25) is 0 Å². The highest BCUT2D eigenvalue weighted by Crippen LogP contribution is 2.12. The molecule has 0 spiro atoms. The summed E-state index contributed by atoms with van der Waals surface area (Å²) in [5.74, 6) is 0.529. The van der Waals surface area contributed by atoms with E-state index in [9.17, 15) is 4.79 Å². The van der Waals surface area contributed by atoms with E-state index >= 15 is 0 Å². The number of nitrogens with zero attached hydrogens (tertiary/aromatic N) is 1. The van der Waals surface area contributed by atoms with E-state index in [1.165, 1.54) is 7.11 Å². The number of hydrogen-bond acceptors (Lipinski definition) is 3. The summed E-state index contributed by atoms with van der Waals surface area (Å²) >= 11 is 0. The largest absolute Gasteiger partial charge is 0.481 e. The third kappa shape index (κ3) is 2.62. The maximum Gasteiger partial charge on any atom is 0.404 e. The van der Waals surface area contributed by atoms with Crippen molar-refractivity contribution in [3.63, 3.8) is 0 Å². The van der Waals surface area contributed by atoms with Gasteiger partial charge in [-0.05, 0) is 18.1 Å². The monoisotopic (exact) mass is 196 g/mol. The second-order valence-corrected chi connectivity index (χ2v) is 2.81. The van der Waals surface area contributed by atoms with Crippen LogP contribution < -0.4 is 10.1 Å². The number of carboxylic acid groups (broad SMARTS) is 1. The van der Waals surface area contributed by atoms with Gasteiger partial charge in [-0.25, -0.2) is 9.78 Å². The zero-order valence-electron chi connectivity index (χ0n) is 8.07. The smallest absolute Gasteiger partial charge is 0.404 e. The number of hydrogen-bond donors (Lipinski definition) is 2. The third-order valence-electron chi connectivity index (χ3n) is 1.83. The van der Waals surface area contributed by atoms with Crippen molar-refractivity contribution >= 4 is 6.09 Å². The van der Waals surface area contributed by atoms with Gasteiger partial charge in [0.25, 0.3) is 0 Å². The Morgan fingerprint density at radius 3 is 2.93 bits per heavy atom. The van der Waals surface area contributed by atoms with Crippen LogP contribution in [0, 0.1) is 6.92 Å². The summed E-state index contributed by atoms with van der Waals surface area (Å²) < 4.78 is 4.93. The molecule has 76 valence electrons. The molecule has 1 rings (SSSR count). The Hall–Kier alpha value is -1.78. The number of aromatic nitrogens is 1. The second kappa shape index (κ2) is 4.45. The molecule has 1 aromatic rings. The van der Waals surface area contributed by atoms with Crippen molar-refractivity contribution < 1.29 is 14.6 Å². The van der Waals surface area contributed by atoms with Crippen LogP contribution in [0.3, 0.4) is 0 Å². The Balaban J connectivity index is 2.73. The molecule has 2 N–H and O–H groups in total. The Labute approximate surface area is 81.7 Å². The summed E-state index contributed by atoms with van der Waals surface area (Å²) in [5.41, 5.74) is 1.79. The Morgan fingerprint density at radius 1 is 1.71 bits per heavy atom. The summed E-state index contributed by atoms with van der Waals surface area (Å²) in [7, 11) is 1.54. The van der Waals surface area contributed by atoms with Gasteiger partial charge in [-0.15, -0.1) is 0 Å². The molecule has 0 fully saturated rings. The molecular formula is C9H12N2O3. The van der Waals surface area contributed by atoms with E-state index in [1.54, 1.807) is 12.3 Å². The predicted octanol–water partition coefficient (Wildman–Crippen LogP) is 1.17. The number of methoxy groups -OCH3 is 1. The Morgan fingerprint density at radius 2 is 2.43 bits per heavy atom. The lowest BCUT2D eigenvalue weighted by molar-refractivity contribution is 0.194. The Bertz CT molecular complexity index is 339. The van der Waals surface area contributed by atoms with Crippen LogP contribution in [0.5, 0.6) is 5.88 Å². The quantitative estimate of drug-likeness (QED) is 0.761. The molecule has 5 heteroatoms. The molecule has 0 aliphatic carbocycles. The van der Waals surface area contributed by atoms with Crippen LogP contribution in [-0.2, 0) is 6.54 Å². The van der Waals surface area contributed by atoms with Crippen molar-refractivity contribution in [1.82, 2.24) is 10.3 Å². The lowest BCUT2D eigenvalue weighted by Crippen LogP contribution is -2.20. The van der Waals surface area contributed by atoms with E-state index in [2.05, 4.69) is 10.3 Å². The molecule has 0 radical (unpaired) electrons. The van der Waals surface area contributed by atoms with Gasteiger partial charge in [0, 0.05) is 18.8 Å². The van der Waals surface area contributed by atoms with Crippen molar-refractivity contribution in [2.45, 2.75) is 13.5 Å². The highest BCUT2D eigenvalue weighted by Gasteiger charge is 2.02. The molecule has 0 aromatic carbocycles. The number of amides is 1. The summed E-state index contributed by atoms with van der Waals surface area (Å²) in [5, 5.41) is 10.7. The van der Waals surface area contributed by atoms with Gasteiger partial charge in [0.1, 0.15) is 0 Å². The summed E-state index contributed by atoms with van der Waals surface area (Å²) in [4.78, 5) is 14.2. The fraction of sp³-hybridized carbons (Fsp3) is 0.333.